The second kappa shape index (κ2) is 9.94. The monoisotopic (exact) mass is 528 g/mol. The van der Waals surface area contributed by atoms with E-state index in [0.29, 0.717) is 23.3 Å². The SMILES string of the molecule is COc1cc2nn(C3CCC(CC(C)S(=O)(=O)O)CC3)cc2cc1C(=O)Nc1cccn(C2CC2)c1=O. The predicted octanol–water partition coefficient (Wildman–Crippen LogP) is 4.19. The standard InChI is InChI=1S/C26H32N4O6S/c1-16(37(33,34)35)12-17-5-7-20(8-6-17)30-15-18-13-21(24(36-2)14-23(18)28-30)25(31)27-22-4-3-11-29(26(22)32)19-9-10-19/h3-4,11,13-17,19-20H,5-10,12H2,1-2H3,(H,27,31)(H,33,34,35). The predicted molar refractivity (Wildman–Crippen MR) is 140 cm³/mol. The Morgan fingerprint density at radius 3 is 2.54 bits per heavy atom. The van der Waals surface area contributed by atoms with Gasteiger partial charge in [-0.25, -0.2) is 0 Å². The van der Waals surface area contributed by atoms with Gasteiger partial charge in [0.25, 0.3) is 21.6 Å². The lowest BCUT2D eigenvalue weighted by atomic mass is 9.83. The summed E-state index contributed by atoms with van der Waals surface area (Å²) in [6, 6.07) is 7.20. The van der Waals surface area contributed by atoms with Crippen molar-refractivity contribution in [2.75, 3.05) is 12.4 Å². The quantitative estimate of drug-likeness (QED) is 0.419. The topological polar surface area (TPSA) is 133 Å². The van der Waals surface area contributed by atoms with E-state index in [4.69, 9.17) is 9.84 Å². The van der Waals surface area contributed by atoms with Crippen LogP contribution in [-0.4, -0.2) is 45.6 Å². The Labute approximate surface area is 215 Å². The molecule has 2 saturated carbocycles. The van der Waals surface area contributed by atoms with E-state index in [1.54, 1.807) is 42.0 Å². The van der Waals surface area contributed by atoms with E-state index in [0.717, 1.165) is 43.9 Å². The summed E-state index contributed by atoms with van der Waals surface area (Å²) in [4.78, 5) is 25.9. The highest BCUT2D eigenvalue weighted by Gasteiger charge is 2.28. The molecule has 10 nitrogen and oxygen atoms in total. The molecule has 1 amide bonds. The number of carbonyl (C=O) groups is 1. The van der Waals surface area contributed by atoms with E-state index in [9.17, 15) is 22.6 Å². The van der Waals surface area contributed by atoms with Gasteiger partial charge in [0.2, 0.25) is 0 Å². The van der Waals surface area contributed by atoms with Crippen LogP contribution in [0.1, 0.15) is 74.3 Å². The summed E-state index contributed by atoms with van der Waals surface area (Å²) in [5.41, 5.74) is 1.04. The largest absolute Gasteiger partial charge is 0.496 e. The number of carbonyl (C=O) groups excluding carboxylic acids is 1. The van der Waals surface area contributed by atoms with Gasteiger partial charge in [-0.05, 0) is 76.0 Å². The molecule has 198 valence electrons. The van der Waals surface area contributed by atoms with Crippen molar-refractivity contribution < 1.29 is 22.5 Å². The smallest absolute Gasteiger partial charge is 0.274 e. The van der Waals surface area contributed by atoms with Gasteiger partial charge < -0.3 is 14.6 Å². The molecule has 3 aromatic rings. The van der Waals surface area contributed by atoms with E-state index in [1.807, 2.05) is 10.9 Å². The molecule has 1 atom stereocenters. The minimum absolute atomic E-state index is 0.165. The van der Waals surface area contributed by atoms with Crippen molar-refractivity contribution in [2.45, 2.75) is 69.2 Å². The minimum atomic E-state index is -4.01. The van der Waals surface area contributed by atoms with E-state index < -0.39 is 21.3 Å². The van der Waals surface area contributed by atoms with Gasteiger partial charge in [-0.3, -0.25) is 18.8 Å². The molecular weight excluding hydrogens is 496 g/mol. The molecule has 0 radical (unpaired) electrons. The van der Waals surface area contributed by atoms with Gasteiger partial charge in [0, 0.05) is 29.9 Å². The Kier molecular flexibility index (Phi) is 6.84. The number of methoxy groups -OCH3 is 1. The third-order valence-electron chi connectivity index (χ3n) is 7.62. The van der Waals surface area contributed by atoms with E-state index in [-0.39, 0.29) is 29.2 Å². The normalized spacial score (nSPS) is 21.1. The molecule has 2 aromatic heterocycles. The van der Waals surface area contributed by atoms with E-state index in [2.05, 4.69) is 5.32 Å². The molecule has 0 spiro atoms. The van der Waals surface area contributed by atoms with Gasteiger partial charge in [0.1, 0.15) is 11.4 Å². The zero-order valence-corrected chi connectivity index (χ0v) is 21.8. The van der Waals surface area contributed by atoms with Crippen molar-refractivity contribution >= 4 is 32.6 Å². The number of nitrogens with one attached hydrogen (secondary N) is 1. The van der Waals surface area contributed by atoms with E-state index >= 15 is 0 Å². The molecule has 2 aliphatic carbocycles. The zero-order chi connectivity index (χ0) is 26.3. The van der Waals surface area contributed by atoms with Gasteiger partial charge in [-0.15, -0.1) is 0 Å². The van der Waals surface area contributed by atoms with Crippen LogP contribution in [0.3, 0.4) is 0 Å². The molecule has 0 aliphatic heterocycles. The van der Waals surface area contributed by atoms with Crippen LogP contribution in [0.25, 0.3) is 10.9 Å². The van der Waals surface area contributed by atoms with Crippen LogP contribution >= 0.6 is 0 Å². The Morgan fingerprint density at radius 2 is 1.89 bits per heavy atom. The lowest BCUT2D eigenvalue weighted by Crippen LogP contribution is -2.25. The third kappa shape index (κ3) is 5.42. The molecule has 1 unspecified atom stereocenters. The summed E-state index contributed by atoms with van der Waals surface area (Å²) < 4.78 is 41.1. The maximum atomic E-state index is 13.2. The number of anilines is 1. The van der Waals surface area contributed by atoms with Crippen molar-refractivity contribution in [3.63, 3.8) is 0 Å². The fourth-order valence-corrected chi connectivity index (χ4v) is 5.79. The number of rotatable bonds is 8. The van der Waals surface area contributed by atoms with Crippen LogP contribution < -0.4 is 15.6 Å². The summed E-state index contributed by atoms with van der Waals surface area (Å²) in [5, 5.41) is 7.50. The van der Waals surface area contributed by atoms with Gasteiger partial charge in [0.05, 0.1) is 29.5 Å². The maximum Gasteiger partial charge on any atom is 0.274 e. The van der Waals surface area contributed by atoms with Crippen LogP contribution in [0.15, 0.2) is 41.5 Å². The number of benzene rings is 1. The number of nitrogens with zero attached hydrogens (tertiary/aromatic N) is 3. The van der Waals surface area contributed by atoms with Gasteiger partial charge in [-0.1, -0.05) is 0 Å². The lowest BCUT2D eigenvalue weighted by Gasteiger charge is -2.29. The average molecular weight is 529 g/mol. The molecule has 2 aliphatic rings. The number of aromatic nitrogens is 3. The number of amides is 1. The first-order valence-electron chi connectivity index (χ1n) is 12.7. The minimum Gasteiger partial charge on any atom is -0.496 e. The number of ether oxygens (including phenoxy) is 1. The Balaban J connectivity index is 1.32. The Morgan fingerprint density at radius 1 is 1.19 bits per heavy atom. The number of hydrogen-bond donors (Lipinski definition) is 2. The Hall–Kier alpha value is -3.18. The second-order valence-electron chi connectivity index (χ2n) is 10.3. The lowest BCUT2D eigenvalue weighted by molar-refractivity contribution is 0.102. The van der Waals surface area contributed by atoms with Gasteiger partial charge in [-0.2, -0.15) is 13.5 Å². The van der Waals surface area contributed by atoms with Crippen molar-refractivity contribution in [2.24, 2.45) is 5.92 Å². The molecule has 11 heteroatoms. The molecule has 0 saturated heterocycles. The van der Waals surface area contributed by atoms with Crippen LogP contribution in [0.4, 0.5) is 5.69 Å². The number of pyridine rings is 1. The summed E-state index contributed by atoms with van der Waals surface area (Å²) in [5.74, 6) is 0.193. The highest BCUT2D eigenvalue weighted by Crippen LogP contribution is 2.36. The fourth-order valence-electron chi connectivity index (χ4n) is 5.28. The van der Waals surface area contributed by atoms with Crippen LogP contribution in [0.2, 0.25) is 0 Å². The molecule has 37 heavy (non-hydrogen) atoms. The van der Waals surface area contributed by atoms with Crippen LogP contribution in [0.5, 0.6) is 5.75 Å². The van der Waals surface area contributed by atoms with Gasteiger partial charge in [0.15, 0.2) is 0 Å². The highest BCUT2D eigenvalue weighted by molar-refractivity contribution is 7.86. The molecule has 0 bridgehead atoms. The Bertz CT molecular complexity index is 1480. The van der Waals surface area contributed by atoms with Crippen molar-refractivity contribution in [1.29, 1.82) is 0 Å². The van der Waals surface area contributed by atoms with Crippen molar-refractivity contribution in [1.82, 2.24) is 14.3 Å². The molecule has 5 rings (SSSR count). The molecule has 2 heterocycles. The fraction of sp³-hybridized carbons (Fsp3) is 0.500. The molecule has 2 N–H and O–H groups in total. The molecule has 1 aromatic carbocycles. The van der Waals surface area contributed by atoms with Crippen molar-refractivity contribution in [3.05, 3.63) is 52.6 Å². The second-order valence-corrected chi connectivity index (χ2v) is 12.1. The summed E-state index contributed by atoms with van der Waals surface area (Å²) in [6.07, 6.45) is 9.47. The van der Waals surface area contributed by atoms with Gasteiger partial charge >= 0.3 is 0 Å². The van der Waals surface area contributed by atoms with Crippen LogP contribution in [0, 0.1) is 5.92 Å². The summed E-state index contributed by atoms with van der Waals surface area (Å²) in [7, 11) is -2.52. The number of fused-ring (bicyclic) bond motifs is 1. The highest BCUT2D eigenvalue weighted by atomic mass is 32.2. The first-order chi connectivity index (χ1) is 17.6. The summed E-state index contributed by atoms with van der Waals surface area (Å²) in [6.45, 7) is 1.54. The first-order valence-corrected chi connectivity index (χ1v) is 14.2. The first kappa shape index (κ1) is 25.5. The molecule has 2 fully saturated rings. The molecular formula is C26H32N4O6S. The maximum absolute atomic E-state index is 13.2. The van der Waals surface area contributed by atoms with E-state index in [1.165, 1.54) is 7.11 Å². The average Bonchev–Trinajstić information content (AvgIpc) is 3.62. The summed E-state index contributed by atoms with van der Waals surface area (Å²) >= 11 is 0. The van der Waals surface area contributed by atoms with Crippen LogP contribution in [-0.2, 0) is 10.1 Å². The third-order valence-corrected chi connectivity index (χ3v) is 8.82. The number of hydrogen-bond acceptors (Lipinski definition) is 6. The van der Waals surface area contributed by atoms with Crippen molar-refractivity contribution in [3.8, 4) is 5.75 Å². The zero-order valence-electron chi connectivity index (χ0n) is 21.0.